The summed E-state index contributed by atoms with van der Waals surface area (Å²) in [5, 5.41) is 5.47. The smallest absolute Gasteiger partial charge is 0.243 e. The summed E-state index contributed by atoms with van der Waals surface area (Å²) in [6, 6.07) is 11.1. The molecule has 1 amide bonds. The molecule has 0 N–H and O–H groups in total. The summed E-state index contributed by atoms with van der Waals surface area (Å²) in [7, 11) is 1.54. The molecule has 0 aromatic heterocycles. The first-order valence-electron chi connectivity index (χ1n) is 7.14. The minimum Gasteiger partial charge on any atom is -0.496 e. The Kier molecular flexibility index (Phi) is 4.53. The van der Waals surface area contributed by atoms with Crippen LogP contribution < -0.4 is 4.74 Å². The maximum Gasteiger partial charge on any atom is 0.243 e. The predicted molar refractivity (Wildman–Crippen MR) is 90.0 cm³/mol. The lowest BCUT2D eigenvalue weighted by molar-refractivity contribution is -0.135. The van der Waals surface area contributed by atoms with Gasteiger partial charge in [0.2, 0.25) is 18.0 Å². The van der Waals surface area contributed by atoms with Crippen molar-refractivity contribution in [1.82, 2.24) is 5.01 Å². The molecule has 0 bridgehead atoms. The van der Waals surface area contributed by atoms with Crippen LogP contribution in [0.3, 0.4) is 0 Å². The van der Waals surface area contributed by atoms with Gasteiger partial charge in [0.05, 0.1) is 12.7 Å². The molecule has 1 heterocycles. The molecule has 1 aliphatic rings. The van der Waals surface area contributed by atoms with Crippen molar-refractivity contribution in [2.24, 2.45) is 5.10 Å². The topological polar surface area (TPSA) is 51.1 Å². The molecule has 0 spiro atoms. The first-order valence-corrected chi connectivity index (χ1v) is 7.93. The number of methoxy groups -OCH3 is 1. The van der Waals surface area contributed by atoms with Crippen LogP contribution in [0.15, 0.2) is 52.0 Å². The Labute approximate surface area is 146 Å². The van der Waals surface area contributed by atoms with Crippen molar-refractivity contribution in [3.63, 3.8) is 0 Å². The number of rotatable bonds is 3. The number of nitrogens with zero attached hydrogens (tertiary/aromatic N) is 2. The molecular weight excluding hydrogens is 379 g/mol. The molecule has 1 aliphatic heterocycles. The van der Waals surface area contributed by atoms with Crippen LogP contribution in [0.2, 0.25) is 0 Å². The molecule has 24 heavy (non-hydrogen) atoms. The molecule has 0 saturated carbocycles. The summed E-state index contributed by atoms with van der Waals surface area (Å²) in [4.78, 5) is 12.0. The van der Waals surface area contributed by atoms with E-state index in [1.54, 1.807) is 25.3 Å². The highest BCUT2D eigenvalue weighted by atomic mass is 79.9. The standard InChI is InChI=1S/C17H14BrFN2O3/c1-10(22)21-17(14-9-12(18)5-8-15(14)23-2)24-16(20-21)11-3-6-13(19)7-4-11/h3-9,17H,1-2H3/t17-/m0/s1. The summed E-state index contributed by atoms with van der Waals surface area (Å²) in [5.41, 5.74) is 1.24. The molecule has 124 valence electrons. The fraction of sp³-hybridized carbons (Fsp3) is 0.176. The van der Waals surface area contributed by atoms with Gasteiger partial charge in [-0.3, -0.25) is 4.79 Å². The SMILES string of the molecule is COc1ccc(Br)cc1[C@@H]1OC(c2ccc(F)cc2)=NN1C(C)=O. The van der Waals surface area contributed by atoms with Crippen LogP contribution in [0.4, 0.5) is 4.39 Å². The lowest BCUT2D eigenvalue weighted by Gasteiger charge is -2.21. The molecule has 0 saturated heterocycles. The molecule has 0 radical (unpaired) electrons. The van der Waals surface area contributed by atoms with Crippen LogP contribution in [-0.4, -0.2) is 23.9 Å². The van der Waals surface area contributed by atoms with Gasteiger partial charge in [0.1, 0.15) is 11.6 Å². The van der Waals surface area contributed by atoms with E-state index in [1.807, 2.05) is 12.1 Å². The number of benzene rings is 2. The Balaban J connectivity index is 2.00. The third-order valence-corrected chi connectivity index (χ3v) is 4.01. The summed E-state index contributed by atoms with van der Waals surface area (Å²) >= 11 is 3.40. The fourth-order valence-corrected chi connectivity index (χ4v) is 2.76. The van der Waals surface area contributed by atoms with E-state index >= 15 is 0 Å². The normalized spacial score (nSPS) is 16.6. The van der Waals surface area contributed by atoms with Crippen molar-refractivity contribution in [2.75, 3.05) is 7.11 Å². The maximum atomic E-state index is 13.1. The minimum atomic E-state index is -0.755. The average Bonchev–Trinajstić information content (AvgIpc) is 3.01. The number of carbonyl (C=O) groups is 1. The number of carbonyl (C=O) groups excluding carboxylic acids is 1. The van der Waals surface area contributed by atoms with E-state index in [-0.39, 0.29) is 17.6 Å². The van der Waals surface area contributed by atoms with Crippen LogP contribution in [0.25, 0.3) is 0 Å². The third-order valence-electron chi connectivity index (χ3n) is 3.52. The van der Waals surface area contributed by atoms with Crippen LogP contribution >= 0.6 is 15.9 Å². The van der Waals surface area contributed by atoms with Gasteiger partial charge in [-0.2, -0.15) is 5.01 Å². The first-order chi connectivity index (χ1) is 11.5. The molecule has 0 unspecified atom stereocenters. The van der Waals surface area contributed by atoms with Gasteiger partial charge in [0.25, 0.3) is 0 Å². The van der Waals surface area contributed by atoms with Gasteiger partial charge in [-0.15, -0.1) is 5.10 Å². The lowest BCUT2D eigenvalue weighted by Crippen LogP contribution is -2.25. The van der Waals surface area contributed by atoms with Gasteiger partial charge in [0.15, 0.2) is 0 Å². The Morgan fingerprint density at radius 3 is 2.62 bits per heavy atom. The van der Waals surface area contributed by atoms with E-state index in [1.165, 1.54) is 24.1 Å². The van der Waals surface area contributed by atoms with Crippen LogP contribution in [0.1, 0.15) is 24.3 Å². The highest BCUT2D eigenvalue weighted by Crippen LogP contribution is 2.37. The van der Waals surface area contributed by atoms with Gasteiger partial charge >= 0.3 is 0 Å². The molecule has 5 nitrogen and oxygen atoms in total. The lowest BCUT2D eigenvalue weighted by atomic mass is 10.1. The number of amides is 1. The number of hydrazone groups is 1. The van der Waals surface area contributed by atoms with Gasteiger partial charge in [0, 0.05) is 17.0 Å². The molecule has 2 aromatic carbocycles. The number of hydrogen-bond acceptors (Lipinski definition) is 4. The van der Waals surface area contributed by atoms with Gasteiger partial charge < -0.3 is 9.47 Å². The Morgan fingerprint density at radius 2 is 2.00 bits per heavy atom. The molecule has 0 fully saturated rings. The Bertz CT molecular complexity index is 808. The number of hydrogen-bond donors (Lipinski definition) is 0. The van der Waals surface area contributed by atoms with Gasteiger partial charge in [-0.05, 0) is 42.5 Å². The Morgan fingerprint density at radius 1 is 1.29 bits per heavy atom. The van der Waals surface area contributed by atoms with E-state index < -0.39 is 6.23 Å². The van der Waals surface area contributed by atoms with E-state index in [4.69, 9.17) is 9.47 Å². The van der Waals surface area contributed by atoms with Crippen molar-refractivity contribution in [3.05, 3.63) is 63.9 Å². The quantitative estimate of drug-likeness (QED) is 0.797. The Hall–Kier alpha value is -2.41. The second kappa shape index (κ2) is 6.60. The average molecular weight is 393 g/mol. The van der Waals surface area contributed by atoms with Crippen LogP contribution in [0, 0.1) is 5.82 Å². The molecule has 3 rings (SSSR count). The zero-order chi connectivity index (χ0) is 17.3. The highest BCUT2D eigenvalue weighted by Gasteiger charge is 2.35. The van der Waals surface area contributed by atoms with E-state index in [9.17, 15) is 9.18 Å². The van der Waals surface area contributed by atoms with Crippen LogP contribution in [0.5, 0.6) is 5.75 Å². The largest absolute Gasteiger partial charge is 0.496 e. The predicted octanol–water partition coefficient (Wildman–Crippen LogP) is 3.84. The minimum absolute atomic E-state index is 0.247. The first kappa shape index (κ1) is 16.4. The molecule has 0 aliphatic carbocycles. The molecule has 1 atom stereocenters. The maximum absolute atomic E-state index is 13.1. The van der Waals surface area contributed by atoms with Gasteiger partial charge in [-0.25, -0.2) is 4.39 Å². The number of halogens is 2. The summed E-state index contributed by atoms with van der Waals surface area (Å²) in [6.45, 7) is 1.40. The monoisotopic (exact) mass is 392 g/mol. The van der Waals surface area contributed by atoms with Crippen molar-refractivity contribution in [3.8, 4) is 5.75 Å². The third kappa shape index (κ3) is 3.12. The molecule has 2 aromatic rings. The zero-order valence-electron chi connectivity index (χ0n) is 13.0. The summed E-state index contributed by atoms with van der Waals surface area (Å²) in [5.74, 6) is 0.187. The highest BCUT2D eigenvalue weighted by molar-refractivity contribution is 9.10. The zero-order valence-corrected chi connectivity index (χ0v) is 14.6. The van der Waals surface area contributed by atoms with Crippen molar-refractivity contribution < 1.29 is 18.7 Å². The van der Waals surface area contributed by atoms with E-state index in [0.29, 0.717) is 16.9 Å². The number of ether oxygens (including phenoxy) is 2. The molecule has 7 heteroatoms. The van der Waals surface area contributed by atoms with Crippen LogP contribution in [-0.2, 0) is 9.53 Å². The summed E-state index contributed by atoms with van der Waals surface area (Å²) < 4.78 is 25.2. The fourth-order valence-electron chi connectivity index (χ4n) is 2.38. The summed E-state index contributed by atoms with van der Waals surface area (Å²) in [6.07, 6.45) is -0.755. The second-order valence-corrected chi connectivity index (χ2v) is 6.05. The van der Waals surface area contributed by atoms with E-state index in [2.05, 4.69) is 21.0 Å². The van der Waals surface area contributed by atoms with Crippen molar-refractivity contribution in [2.45, 2.75) is 13.2 Å². The van der Waals surface area contributed by atoms with Crippen molar-refractivity contribution >= 4 is 27.7 Å². The molecular formula is C17H14BrFN2O3. The van der Waals surface area contributed by atoms with Crippen molar-refractivity contribution in [1.29, 1.82) is 0 Å². The van der Waals surface area contributed by atoms with Gasteiger partial charge in [-0.1, -0.05) is 15.9 Å². The van der Waals surface area contributed by atoms with E-state index in [0.717, 1.165) is 4.47 Å². The second-order valence-electron chi connectivity index (χ2n) is 5.13.